The molecule has 0 aliphatic heterocycles. The summed E-state index contributed by atoms with van der Waals surface area (Å²) in [5, 5.41) is 15.1. The summed E-state index contributed by atoms with van der Waals surface area (Å²) in [6.07, 6.45) is 4.89. The van der Waals surface area contributed by atoms with Crippen molar-refractivity contribution in [3.05, 3.63) is 29.8 Å². The minimum atomic E-state index is -1.90. The van der Waals surface area contributed by atoms with Crippen LogP contribution in [0.3, 0.4) is 0 Å². The van der Waals surface area contributed by atoms with Crippen molar-refractivity contribution >= 4 is 23.5 Å². The number of hydrogen-bond donors (Lipinski definition) is 5. The number of Topliss-reactive ketones (excluding diaryl/α,β-unsaturated/α-hetero) is 1. The van der Waals surface area contributed by atoms with Gasteiger partial charge >= 0.3 is 0 Å². The number of benzene rings is 1. The third-order valence-electron chi connectivity index (χ3n) is 6.63. The zero-order valence-electron chi connectivity index (χ0n) is 22.1. The normalized spacial score (nSPS) is 15.2. The summed E-state index contributed by atoms with van der Waals surface area (Å²) in [6, 6.07) is 4.33. The Morgan fingerprint density at radius 1 is 0.972 bits per heavy atom. The summed E-state index contributed by atoms with van der Waals surface area (Å²) in [4.78, 5) is 51.8. The van der Waals surface area contributed by atoms with Gasteiger partial charge in [0.1, 0.15) is 11.8 Å². The Labute approximate surface area is 214 Å². The van der Waals surface area contributed by atoms with Gasteiger partial charge in [0.05, 0.1) is 6.04 Å². The number of amides is 3. The van der Waals surface area contributed by atoms with Gasteiger partial charge in [-0.25, -0.2) is 0 Å². The van der Waals surface area contributed by atoms with E-state index in [4.69, 9.17) is 11.5 Å². The Hall–Kier alpha value is -2.94. The number of carbonyl (C=O) groups is 4. The second-order valence-corrected chi connectivity index (χ2v) is 9.62. The van der Waals surface area contributed by atoms with Gasteiger partial charge in [0, 0.05) is 12.8 Å². The van der Waals surface area contributed by atoms with Gasteiger partial charge < -0.3 is 27.2 Å². The van der Waals surface area contributed by atoms with Crippen LogP contribution in [0.4, 0.5) is 0 Å². The van der Waals surface area contributed by atoms with E-state index in [0.29, 0.717) is 19.3 Å². The highest BCUT2D eigenvalue weighted by Gasteiger charge is 2.45. The SMILES string of the molecule is CCCCCC(=O)NC(Cc1ccc(O)cc1)C(=O)NC(C(=O)C(N)(CCCC)C(N)=O)C(C)CC. The molecule has 1 aromatic rings. The monoisotopic (exact) mass is 504 g/mol. The molecular formula is C27H44N4O5. The summed E-state index contributed by atoms with van der Waals surface area (Å²) < 4.78 is 0. The van der Waals surface area contributed by atoms with E-state index in [9.17, 15) is 24.3 Å². The number of hydrogen-bond acceptors (Lipinski definition) is 6. The fraction of sp³-hybridized carbons (Fsp3) is 0.630. The van der Waals surface area contributed by atoms with Crippen LogP contribution in [0, 0.1) is 5.92 Å². The Kier molecular flexibility index (Phi) is 13.2. The molecule has 0 bridgehead atoms. The summed E-state index contributed by atoms with van der Waals surface area (Å²) in [5.74, 6) is -2.59. The second kappa shape index (κ2) is 15.2. The molecule has 0 saturated carbocycles. The predicted octanol–water partition coefficient (Wildman–Crippen LogP) is 2.47. The smallest absolute Gasteiger partial charge is 0.245 e. The lowest BCUT2D eigenvalue weighted by molar-refractivity contribution is -0.139. The molecule has 0 saturated heterocycles. The molecular weight excluding hydrogens is 460 g/mol. The highest BCUT2D eigenvalue weighted by molar-refractivity contribution is 6.12. The van der Waals surface area contributed by atoms with Gasteiger partial charge in [-0.05, 0) is 36.5 Å². The Bertz CT molecular complexity index is 873. The van der Waals surface area contributed by atoms with Gasteiger partial charge in [-0.15, -0.1) is 0 Å². The molecule has 4 atom stereocenters. The number of phenolic OH excluding ortho intramolecular Hbond substituents is 1. The number of primary amides is 1. The van der Waals surface area contributed by atoms with E-state index in [2.05, 4.69) is 10.6 Å². The van der Waals surface area contributed by atoms with Crippen LogP contribution in [-0.2, 0) is 25.6 Å². The molecule has 9 heteroatoms. The number of carbonyl (C=O) groups excluding carboxylic acids is 4. The van der Waals surface area contributed by atoms with Crippen molar-refractivity contribution in [1.82, 2.24) is 10.6 Å². The minimum Gasteiger partial charge on any atom is -0.508 e. The van der Waals surface area contributed by atoms with E-state index in [1.807, 2.05) is 20.8 Å². The highest BCUT2D eigenvalue weighted by atomic mass is 16.3. The van der Waals surface area contributed by atoms with E-state index in [1.54, 1.807) is 19.1 Å². The van der Waals surface area contributed by atoms with Gasteiger partial charge in [0.2, 0.25) is 17.7 Å². The molecule has 3 amide bonds. The van der Waals surface area contributed by atoms with E-state index < -0.39 is 35.2 Å². The van der Waals surface area contributed by atoms with Crippen LogP contribution < -0.4 is 22.1 Å². The van der Waals surface area contributed by atoms with Gasteiger partial charge in [0.25, 0.3) is 0 Å². The fourth-order valence-electron chi connectivity index (χ4n) is 3.94. The van der Waals surface area contributed by atoms with Crippen molar-refractivity contribution in [2.75, 3.05) is 0 Å². The van der Waals surface area contributed by atoms with E-state index in [1.165, 1.54) is 12.1 Å². The first-order valence-corrected chi connectivity index (χ1v) is 13.0. The lowest BCUT2D eigenvalue weighted by Gasteiger charge is -2.33. The molecule has 202 valence electrons. The zero-order valence-corrected chi connectivity index (χ0v) is 22.1. The van der Waals surface area contributed by atoms with Crippen LogP contribution in [0.15, 0.2) is 24.3 Å². The highest BCUT2D eigenvalue weighted by Crippen LogP contribution is 2.20. The molecule has 0 radical (unpaired) electrons. The van der Waals surface area contributed by atoms with Gasteiger partial charge in [0.15, 0.2) is 11.3 Å². The minimum absolute atomic E-state index is 0.0867. The summed E-state index contributed by atoms with van der Waals surface area (Å²) in [5.41, 5.74) is 10.6. The lowest BCUT2D eigenvalue weighted by atomic mass is 9.80. The number of phenols is 1. The van der Waals surface area contributed by atoms with E-state index in [0.717, 1.165) is 24.8 Å². The molecule has 4 unspecified atom stereocenters. The summed E-state index contributed by atoms with van der Waals surface area (Å²) in [6.45, 7) is 7.61. The molecule has 36 heavy (non-hydrogen) atoms. The first kappa shape index (κ1) is 31.1. The maximum Gasteiger partial charge on any atom is 0.245 e. The number of aromatic hydroxyl groups is 1. The fourth-order valence-corrected chi connectivity index (χ4v) is 3.94. The van der Waals surface area contributed by atoms with Crippen LogP contribution >= 0.6 is 0 Å². The van der Waals surface area contributed by atoms with Crippen LogP contribution in [-0.4, -0.2) is 46.2 Å². The first-order chi connectivity index (χ1) is 17.0. The van der Waals surface area contributed by atoms with Gasteiger partial charge in [-0.1, -0.05) is 71.9 Å². The Morgan fingerprint density at radius 3 is 2.11 bits per heavy atom. The van der Waals surface area contributed by atoms with Crippen LogP contribution in [0.5, 0.6) is 5.75 Å². The Morgan fingerprint density at radius 2 is 1.58 bits per heavy atom. The maximum absolute atomic E-state index is 13.5. The van der Waals surface area contributed by atoms with Crippen LogP contribution in [0.1, 0.15) is 84.6 Å². The zero-order chi connectivity index (χ0) is 27.3. The molecule has 9 nitrogen and oxygen atoms in total. The first-order valence-electron chi connectivity index (χ1n) is 13.0. The molecule has 0 aromatic heterocycles. The van der Waals surface area contributed by atoms with Crippen molar-refractivity contribution < 1.29 is 24.3 Å². The molecule has 0 spiro atoms. The number of nitrogens with two attached hydrogens (primary N) is 2. The average molecular weight is 505 g/mol. The summed E-state index contributed by atoms with van der Waals surface area (Å²) in [7, 11) is 0. The molecule has 0 aliphatic carbocycles. The molecule has 0 aliphatic rings. The second-order valence-electron chi connectivity index (χ2n) is 9.62. The quantitative estimate of drug-likeness (QED) is 0.161. The third kappa shape index (κ3) is 9.26. The van der Waals surface area contributed by atoms with E-state index >= 15 is 0 Å². The third-order valence-corrected chi connectivity index (χ3v) is 6.63. The number of unbranched alkanes of at least 4 members (excludes halogenated alkanes) is 3. The van der Waals surface area contributed by atoms with Crippen molar-refractivity contribution in [1.29, 1.82) is 0 Å². The van der Waals surface area contributed by atoms with Gasteiger partial charge in [-0.3, -0.25) is 19.2 Å². The topological polar surface area (TPSA) is 165 Å². The number of ketones is 1. The Balaban J connectivity index is 3.21. The molecule has 0 fully saturated rings. The molecule has 1 rings (SSSR count). The maximum atomic E-state index is 13.5. The standard InChI is InChI=1S/C27H44N4O5/c1-5-8-10-11-22(33)30-21(17-19-12-14-20(32)15-13-19)25(35)31-23(18(4)7-3)24(34)27(29,26(28)36)16-9-6-2/h12-15,18,21,23,32H,5-11,16-17,29H2,1-4H3,(H2,28,36)(H,30,33)(H,31,35). The van der Waals surface area contributed by atoms with Gasteiger partial charge in [-0.2, -0.15) is 0 Å². The number of nitrogens with one attached hydrogen (secondary N) is 2. The predicted molar refractivity (Wildman–Crippen MR) is 140 cm³/mol. The number of rotatable bonds is 17. The van der Waals surface area contributed by atoms with Crippen LogP contribution in [0.25, 0.3) is 0 Å². The largest absolute Gasteiger partial charge is 0.508 e. The van der Waals surface area contributed by atoms with Crippen molar-refractivity contribution in [2.24, 2.45) is 17.4 Å². The van der Waals surface area contributed by atoms with Crippen molar-refractivity contribution in [3.8, 4) is 5.75 Å². The van der Waals surface area contributed by atoms with E-state index in [-0.39, 0.29) is 36.8 Å². The summed E-state index contributed by atoms with van der Waals surface area (Å²) >= 11 is 0. The van der Waals surface area contributed by atoms with Crippen LogP contribution in [0.2, 0.25) is 0 Å². The average Bonchev–Trinajstić information content (AvgIpc) is 2.85. The molecule has 1 aromatic carbocycles. The molecule has 0 heterocycles. The lowest BCUT2D eigenvalue weighted by Crippen LogP contribution is -2.66. The van der Waals surface area contributed by atoms with Crippen molar-refractivity contribution in [2.45, 2.75) is 103 Å². The van der Waals surface area contributed by atoms with Crippen molar-refractivity contribution in [3.63, 3.8) is 0 Å². The molecule has 7 N–H and O–H groups in total.